The van der Waals surface area contributed by atoms with Gasteiger partial charge in [-0.2, -0.15) is 0 Å². The second-order valence-corrected chi connectivity index (χ2v) is 8.84. The number of nitrogens with zero attached hydrogens (tertiary/aromatic N) is 1. The number of anilines is 1. The van der Waals surface area contributed by atoms with E-state index in [9.17, 15) is 13.2 Å². The van der Waals surface area contributed by atoms with Gasteiger partial charge in [-0.3, -0.25) is 4.79 Å². The van der Waals surface area contributed by atoms with Crippen LogP contribution in [0.2, 0.25) is 5.02 Å². The number of benzene rings is 2. The fourth-order valence-corrected chi connectivity index (χ4v) is 4.91. The first-order valence-corrected chi connectivity index (χ1v) is 10.5. The number of carbonyl (C=O) groups excluding carboxylic acids is 1. The van der Waals surface area contributed by atoms with Gasteiger partial charge in [0.25, 0.3) is 0 Å². The minimum absolute atomic E-state index is 0.111. The highest BCUT2D eigenvalue weighted by atomic mass is 35.5. The highest BCUT2D eigenvalue weighted by Gasteiger charge is 2.32. The smallest absolute Gasteiger partial charge is 0.228 e. The summed E-state index contributed by atoms with van der Waals surface area (Å²) in [7, 11) is -3.50. The van der Waals surface area contributed by atoms with Crippen LogP contribution in [-0.4, -0.2) is 31.7 Å². The summed E-state index contributed by atoms with van der Waals surface area (Å²) in [5.41, 5.74) is 1.37. The van der Waals surface area contributed by atoms with E-state index in [2.05, 4.69) is 5.32 Å². The van der Waals surface area contributed by atoms with Crippen LogP contribution < -0.4 is 5.32 Å². The Labute approximate surface area is 159 Å². The first kappa shape index (κ1) is 18.9. The Bertz CT molecular complexity index is 871. The molecule has 0 radical (unpaired) electrons. The van der Waals surface area contributed by atoms with Crippen molar-refractivity contribution in [3.8, 4) is 0 Å². The topological polar surface area (TPSA) is 66.5 Å². The van der Waals surface area contributed by atoms with Gasteiger partial charge in [0.1, 0.15) is 0 Å². The van der Waals surface area contributed by atoms with Crippen LogP contribution in [0.4, 0.5) is 5.69 Å². The minimum atomic E-state index is -3.50. The molecule has 1 aliphatic rings. The minimum Gasteiger partial charge on any atom is -0.326 e. The lowest BCUT2D eigenvalue weighted by atomic mass is 9.99. The molecule has 1 N–H and O–H groups in total. The summed E-state index contributed by atoms with van der Waals surface area (Å²) in [5, 5.41) is 3.37. The van der Waals surface area contributed by atoms with Crippen LogP contribution in [0.15, 0.2) is 54.6 Å². The first-order chi connectivity index (χ1) is 12.4. The Morgan fingerprint density at radius 2 is 1.92 bits per heavy atom. The maximum Gasteiger partial charge on any atom is 0.228 e. The molecule has 0 aliphatic carbocycles. The number of sulfonamides is 1. The van der Waals surface area contributed by atoms with Gasteiger partial charge in [0.2, 0.25) is 15.9 Å². The van der Waals surface area contributed by atoms with Crippen LogP contribution in [-0.2, 0) is 20.6 Å². The highest BCUT2D eigenvalue weighted by Crippen LogP contribution is 2.23. The molecule has 0 saturated carbocycles. The number of para-hydroxylation sites is 1. The van der Waals surface area contributed by atoms with E-state index in [-0.39, 0.29) is 24.1 Å². The second kappa shape index (κ2) is 8.20. The average molecular weight is 393 g/mol. The third-order valence-electron chi connectivity index (χ3n) is 4.43. The van der Waals surface area contributed by atoms with Gasteiger partial charge in [-0.05, 0) is 42.7 Å². The van der Waals surface area contributed by atoms with Crippen molar-refractivity contribution in [3.05, 3.63) is 65.2 Å². The molecule has 1 fully saturated rings. The third-order valence-corrected chi connectivity index (χ3v) is 6.48. The maximum atomic E-state index is 12.7. The number of rotatable bonds is 5. The SMILES string of the molecule is O=C(Nc1ccccc1)C1CCCN(S(=O)(=O)Cc2cccc(Cl)c2)C1. The van der Waals surface area contributed by atoms with Crippen LogP contribution in [0.25, 0.3) is 0 Å². The van der Waals surface area contributed by atoms with Crippen molar-refractivity contribution in [2.45, 2.75) is 18.6 Å². The van der Waals surface area contributed by atoms with Crippen molar-refractivity contribution in [1.29, 1.82) is 0 Å². The van der Waals surface area contributed by atoms with Gasteiger partial charge in [-0.25, -0.2) is 12.7 Å². The predicted octanol–water partition coefficient (Wildman–Crippen LogP) is 3.52. The van der Waals surface area contributed by atoms with Crippen LogP contribution in [0.5, 0.6) is 0 Å². The molecule has 1 amide bonds. The summed E-state index contributed by atoms with van der Waals surface area (Å²) in [6.45, 7) is 0.652. The molecule has 2 aromatic carbocycles. The van der Waals surface area contributed by atoms with Gasteiger partial charge >= 0.3 is 0 Å². The summed E-state index contributed by atoms with van der Waals surface area (Å²) in [6, 6.07) is 16.0. The van der Waals surface area contributed by atoms with Crippen molar-refractivity contribution < 1.29 is 13.2 Å². The number of piperidine rings is 1. The molecule has 3 rings (SSSR count). The predicted molar refractivity (Wildman–Crippen MR) is 103 cm³/mol. The zero-order valence-corrected chi connectivity index (χ0v) is 15.8. The Kier molecular flexibility index (Phi) is 5.96. The molecular formula is C19H21ClN2O3S. The zero-order chi connectivity index (χ0) is 18.6. The van der Waals surface area contributed by atoms with Gasteiger partial charge in [0.05, 0.1) is 11.7 Å². The first-order valence-electron chi connectivity index (χ1n) is 8.52. The van der Waals surface area contributed by atoms with E-state index in [1.165, 1.54) is 4.31 Å². The van der Waals surface area contributed by atoms with Crippen LogP contribution >= 0.6 is 11.6 Å². The fourth-order valence-electron chi connectivity index (χ4n) is 3.10. The molecule has 138 valence electrons. The highest BCUT2D eigenvalue weighted by molar-refractivity contribution is 7.88. The number of hydrogen-bond donors (Lipinski definition) is 1. The number of hydrogen-bond acceptors (Lipinski definition) is 3. The van der Waals surface area contributed by atoms with Crippen LogP contribution in [0.1, 0.15) is 18.4 Å². The molecule has 1 aliphatic heterocycles. The van der Waals surface area contributed by atoms with E-state index in [1.54, 1.807) is 24.3 Å². The Morgan fingerprint density at radius 1 is 1.15 bits per heavy atom. The van der Waals surface area contributed by atoms with E-state index in [0.29, 0.717) is 30.0 Å². The van der Waals surface area contributed by atoms with Crippen molar-refractivity contribution in [1.82, 2.24) is 4.31 Å². The van der Waals surface area contributed by atoms with Crippen molar-refractivity contribution in [3.63, 3.8) is 0 Å². The number of amides is 1. The third kappa shape index (κ3) is 4.84. The summed E-state index contributed by atoms with van der Waals surface area (Å²) in [4.78, 5) is 12.5. The average Bonchev–Trinajstić information content (AvgIpc) is 2.62. The van der Waals surface area contributed by atoms with Gasteiger partial charge in [0, 0.05) is 23.8 Å². The standard InChI is InChI=1S/C19H21ClN2O3S/c20-17-8-4-6-15(12-17)14-26(24,25)22-11-5-7-16(13-22)19(23)21-18-9-2-1-3-10-18/h1-4,6,8-10,12,16H,5,7,11,13-14H2,(H,21,23). The zero-order valence-electron chi connectivity index (χ0n) is 14.3. The van der Waals surface area contributed by atoms with Crippen molar-refractivity contribution in [2.24, 2.45) is 5.92 Å². The molecule has 1 unspecified atom stereocenters. The quantitative estimate of drug-likeness (QED) is 0.846. The summed E-state index contributed by atoms with van der Waals surface area (Å²) < 4.78 is 26.9. The van der Waals surface area contributed by atoms with E-state index in [0.717, 1.165) is 5.69 Å². The maximum absolute atomic E-state index is 12.7. The molecule has 5 nitrogen and oxygen atoms in total. The number of carbonyl (C=O) groups is 1. The lowest BCUT2D eigenvalue weighted by Crippen LogP contribution is -2.44. The number of nitrogens with one attached hydrogen (secondary N) is 1. The van der Waals surface area contributed by atoms with Crippen molar-refractivity contribution in [2.75, 3.05) is 18.4 Å². The number of halogens is 1. The van der Waals surface area contributed by atoms with E-state index in [1.807, 2.05) is 30.3 Å². The second-order valence-electron chi connectivity index (χ2n) is 6.44. The lowest BCUT2D eigenvalue weighted by Gasteiger charge is -2.31. The Hall–Kier alpha value is -1.89. The molecule has 1 saturated heterocycles. The molecule has 0 bridgehead atoms. The molecule has 2 aromatic rings. The fraction of sp³-hybridized carbons (Fsp3) is 0.316. The molecule has 1 atom stereocenters. The van der Waals surface area contributed by atoms with Crippen molar-refractivity contribution >= 4 is 33.2 Å². The van der Waals surface area contributed by atoms with Crippen LogP contribution in [0, 0.1) is 5.92 Å². The molecule has 26 heavy (non-hydrogen) atoms. The summed E-state index contributed by atoms with van der Waals surface area (Å²) in [6.07, 6.45) is 1.35. The van der Waals surface area contributed by atoms with Crippen LogP contribution in [0.3, 0.4) is 0 Å². The summed E-state index contributed by atoms with van der Waals surface area (Å²) in [5.74, 6) is -0.599. The van der Waals surface area contributed by atoms with E-state index < -0.39 is 10.0 Å². The molecule has 0 spiro atoms. The Morgan fingerprint density at radius 3 is 2.65 bits per heavy atom. The normalized spacial score (nSPS) is 18.4. The molecule has 0 aromatic heterocycles. The largest absolute Gasteiger partial charge is 0.326 e. The lowest BCUT2D eigenvalue weighted by molar-refractivity contribution is -0.120. The molecule has 1 heterocycles. The van der Waals surface area contributed by atoms with Gasteiger partial charge in [-0.1, -0.05) is 41.9 Å². The molecule has 7 heteroatoms. The Balaban J connectivity index is 1.66. The van der Waals surface area contributed by atoms with Gasteiger partial charge < -0.3 is 5.32 Å². The van der Waals surface area contributed by atoms with E-state index in [4.69, 9.17) is 11.6 Å². The van der Waals surface area contributed by atoms with Gasteiger partial charge in [-0.15, -0.1) is 0 Å². The van der Waals surface area contributed by atoms with E-state index >= 15 is 0 Å². The summed E-state index contributed by atoms with van der Waals surface area (Å²) >= 11 is 5.94. The van der Waals surface area contributed by atoms with Gasteiger partial charge in [0.15, 0.2) is 0 Å². The molecular weight excluding hydrogens is 372 g/mol. The monoisotopic (exact) mass is 392 g/mol.